The molecule has 0 spiro atoms. The Balaban J connectivity index is 1.82. The number of aromatic hydroxyl groups is 1. The van der Waals surface area contributed by atoms with E-state index < -0.39 is 0 Å². The number of phenolic OH excluding ortho intramolecular Hbond substituents is 1. The third kappa shape index (κ3) is 5.03. The Bertz CT molecular complexity index is 696. The quantitative estimate of drug-likeness (QED) is 0.633. The van der Waals surface area contributed by atoms with E-state index in [0.717, 1.165) is 5.56 Å². The number of phenols is 1. The maximum atomic E-state index is 11.6. The summed E-state index contributed by atoms with van der Waals surface area (Å²) in [5, 5.41) is 13.3. The number of ether oxygens (including phenoxy) is 2. The molecule has 0 unspecified atom stereocenters. The molecule has 0 aromatic heterocycles. The number of hydrazone groups is 1. The van der Waals surface area contributed by atoms with E-state index in [1.165, 1.54) is 19.4 Å². The summed E-state index contributed by atoms with van der Waals surface area (Å²) in [7, 11) is 1.46. The van der Waals surface area contributed by atoms with E-state index in [1.807, 2.05) is 19.1 Å². The smallest absolute Gasteiger partial charge is 0.277 e. The van der Waals surface area contributed by atoms with Gasteiger partial charge in [-0.1, -0.05) is 17.7 Å². The zero-order chi connectivity index (χ0) is 16.7. The molecule has 2 aromatic rings. The lowest BCUT2D eigenvalue weighted by atomic mass is 10.2. The predicted molar refractivity (Wildman–Crippen MR) is 87.1 cm³/mol. The monoisotopic (exact) mass is 314 g/mol. The number of carbonyl (C=O) groups is 1. The molecule has 23 heavy (non-hydrogen) atoms. The lowest BCUT2D eigenvalue weighted by molar-refractivity contribution is -0.123. The van der Waals surface area contributed by atoms with Gasteiger partial charge < -0.3 is 14.6 Å². The molecule has 0 aliphatic heterocycles. The van der Waals surface area contributed by atoms with Gasteiger partial charge in [0.25, 0.3) is 5.91 Å². The average molecular weight is 314 g/mol. The number of methoxy groups -OCH3 is 1. The van der Waals surface area contributed by atoms with Crippen molar-refractivity contribution in [1.82, 2.24) is 5.43 Å². The summed E-state index contributed by atoms with van der Waals surface area (Å²) in [6.45, 7) is 1.85. The maximum absolute atomic E-state index is 11.6. The summed E-state index contributed by atoms with van der Waals surface area (Å²) in [4.78, 5) is 11.6. The first-order valence-electron chi connectivity index (χ1n) is 6.97. The Morgan fingerprint density at radius 3 is 2.70 bits per heavy atom. The van der Waals surface area contributed by atoms with Crippen LogP contribution in [0.25, 0.3) is 0 Å². The van der Waals surface area contributed by atoms with Gasteiger partial charge in [0.15, 0.2) is 18.1 Å². The average Bonchev–Trinajstić information content (AvgIpc) is 2.56. The zero-order valence-corrected chi connectivity index (χ0v) is 12.9. The lowest BCUT2D eigenvalue weighted by Crippen LogP contribution is -2.24. The molecule has 120 valence electrons. The Hall–Kier alpha value is -3.02. The second-order valence-corrected chi connectivity index (χ2v) is 4.83. The van der Waals surface area contributed by atoms with E-state index in [0.29, 0.717) is 17.1 Å². The van der Waals surface area contributed by atoms with Crippen LogP contribution in [0, 0.1) is 6.92 Å². The van der Waals surface area contributed by atoms with Crippen molar-refractivity contribution < 1.29 is 19.4 Å². The minimum Gasteiger partial charge on any atom is -0.504 e. The van der Waals surface area contributed by atoms with Gasteiger partial charge in [-0.25, -0.2) is 5.43 Å². The molecule has 0 atom stereocenters. The molecule has 0 saturated heterocycles. The Morgan fingerprint density at radius 1 is 1.26 bits per heavy atom. The molecule has 0 bridgehead atoms. The molecule has 0 saturated carbocycles. The number of amides is 1. The van der Waals surface area contributed by atoms with E-state index in [4.69, 9.17) is 9.47 Å². The minimum absolute atomic E-state index is 0.0418. The fourth-order valence-electron chi connectivity index (χ4n) is 1.77. The highest BCUT2D eigenvalue weighted by Gasteiger charge is 2.02. The maximum Gasteiger partial charge on any atom is 0.277 e. The zero-order valence-electron chi connectivity index (χ0n) is 12.9. The summed E-state index contributed by atoms with van der Waals surface area (Å²) >= 11 is 0. The third-order valence-corrected chi connectivity index (χ3v) is 3.00. The van der Waals surface area contributed by atoms with Crippen LogP contribution in [-0.2, 0) is 4.79 Å². The van der Waals surface area contributed by atoms with Crippen LogP contribution in [0.5, 0.6) is 17.2 Å². The van der Waals surface area contributed by atoms with Gasteiger partial charge in [-0.05, 0) is 42.8 Å². The van der Waals surface area contributed by atoms with Gasteiger partial charge in [0, 0.05) is 0 Å². The number of benzene rings is 2. The normalized spacial score (nSPS) is 10.5. The highest BCUT2D eigenvalue weighted by Crippen LogP contribution is 2.25. The number of hydrogen-bond acceptors (Lipinski definition) is 5. The first kappa shape index (κ1) is 16.4. The molecule has 2 N–H and O–H groups in total. The first-order valence-corrected chi connectivity index (χ1v) is 6.97. The number of aryl methyl sites for hydroxylation is 1. The molecule has 1 amide bonds. The Morgan fingerprint density at radius 2 is 2.00 bits per heavy atom. The molecule has 0 heterocycles. The highest BCUT2D eigenvalue weighted by molar-refractivity contribution is 5.83. The molecular formula is C17H18N2O4. The summed E-state index contributed by atoms with van der Waals surface area (Å²) in [6.07, 6.45) is 1.45. The number of rotatable bonds is 6. The number of nitrogens with one attached hydrogen (secondary N) is 1. The molecule has 6 nitrogen and oxygen atoms in total. The van der Waals surface area contributed by atoms with Gasteiger partial charge in [-0.2, -0.15) is 5.10 Å². The lowest BCUT2D eigenvalue weighted by Gasteiger charge is -2.05. The molecule has 0 fully saturated rings. The van der Waals surface area contributed by atoms with Crippen molar-refractivity contribution in [2.75, 3.05) is 13.7 Å². The van der Waals surface area contributed by atoms with Crippen molar-refractivity contribution in [2.24, 2.45) is 5.10 Å². The van der Waals surface area contributed by atoms with Crippen LogP contribution in [0.4, 0.5) is 0 Å². The van der Waals surface area contributed by atoms with Crippen molar-refractivity contribution in [3.8, 4) is 17.2 Å². The van der Waals surface area contributed by atoms with Crippen LogP contribution in [-0.4, -0.2) is 30.9 Å². The van der Waals surface area contributed by atoms with E-state index >= 15 is 0 Å². The number of hydrogen-bond donors (Lipinski definition) is 2. The largest absolute Gasteiger partial charge is 0.504 e. The highest BCUT2D eigenvalue weighted by atomic mass is 16.5. The summed E-state index contributed by atoms with van der Waals surface area (Å²) in [6, 6.07) is 12.2. The van der Waals surface area contributed by atoms with E-state index in [-0.39, 0.29) is 18.3 Å². The fraction of sp³-hybridized carbons (Fsp3) is 0.176. The third-order valence-electron chi connectivity index (χ3n) is 3.00. The molecule has 0 aliphatic carbocycles. The van der Waals surface area contributed by atoms with Gasteiger partial charge in [0.1, 0.15) is 5.75 Å². The molecular weight excluding hydrogens is 296 g/mol. The standard InChI is InChI=1S/C17H18N2O4/c1-12-3-6-14(7-4-12)23-11-17(21)19-18-10-13-5-8-15(20)16(9-13)22-2/h3-10,20H,11H2,1-2H3,(H,19,21)/b18-10-. The van der Waals surface area contributed by atoms with Crippen molar-refractivity contribution in [3.63, 3.8) is 0 Å². The SMILES string of the molecule is COc1cc(/C=N\NC(=O)COc2ccc(C)cc2)ccc1O. The van der Waals surface area contributed by atoms with Crippen LogP contribution in [0.3, 0.4) is 0 Å². The minimum atomic E-state index is -0.368. The van der Waals surface area contributed by atoms with Crippen LogP contribution < -0.4 is 14.9 Å². The van der Waals surface area contributed by atoms with Gasteiger partial charge in [0.2, 0.25) is 0 Å². The van der Waals surface area contributed by atoms with E-state index in [1.54, 1.807) is 24.3 Å². The van der Waals surface area contributed by atoms with Crippen LogP contribution in [0.15, 0.2) is 47.6 Å². The second-order valence-electron chi connectivity index (χ2n) is 4.83. The van der Waals surface area contributed by atoms with Crippen molar-refractivity contribution in [2.45, 2.75) is 6.92 Å². The fourth-order valence-corrected chi connectivity index (χ4v) is 1.77. The van der Waals surface area contributed by atoms with Crippen LogP contribution in [0.2, 0.25) is 0 Å². The topological polar surface area (TPSA) is 80.2 Å². The summed E-state index contributed by atoms with van der Waals surface area (Å²) < 4.78 is 10.3. The second kappa shape index (κ2) is 7.84. The number of carbonyl (C=O) groups excluding carboxylic acids is 1. The number of nitrogens with zero attached hydrogens (tertiary/aromatic N) is 1. The summed E-state index contributed by atoms with van der Waals surface area (Å²) in [5.41, 5.74) is 4.17. The Labute approximate surface area is 134 Å². The van der Waals surface area contributed by atoms with Crippen LogP contribution >= 0.6 is 0 Å². The van der Waals surface area contributed by atoms with Gasteiger partial charge in [-0.3, -0.25) is 4.79 Å². The van der Waals surface area contributed by atoms with Crippen molar-refractivity contribution in [3.05, 3.63) is 53.6 Å². The summed E-state index contributed by atoms with van der Waals surface area (Å²) in [5.74, 6) is 0.633. The predicted octanol–water partition coefficient (Wildman–Crippen LogP) is 2.24. The van der Waals surface area contributed by atoms with Crippen molar-refractivity contribution >= 4 is 12.1 Å². The molecule has 0 radical (unpaired) electrons. The molecule has 0 aliphatic rings. The van der Waals surface area contributed by atoms with Gasteiger partial charge >= 0.3 is 0 Å². The molecule has 6 heteroatoms. The van der Waals surface area contributed by atoms with E-state index in [2.05, 4.69) is 10.5 Å². The molecule has 2 aromatic carbocycles. The van der Waals surface area contributed by atoms with Gasteiger partial charge in [0.05, 0.1) is 13.3 Å². The van der Waals surface area contributed by atoms with Crippen molar-refractivity contribution in [1.29, 1.82) is 0 Å². The van der Waals surface area contributed by atoms with Crippen LogP contribution in [0.1, 0.15) is 11.1 Å². The van der Waals surface area contributed by atoms with E-state index in [9.17, 15) is 9.90 Å². The molecule has 2 rings (SSSR count). The first-order chi connectivity index (χ1) is 11.1. The van der Waals surface area contributed by atoms with Gasteiger partial charge in [-0.15, -0.1) is 0 Å². The Kier molecular flexibility index (Phi) is 5.57.